The van der Waals surface area contributed by atoms with Crippen LogP contribution < -0.4 is 0 Å². The molecule has 5 unspecified atom stereocenters. The van der Waals surface area contributed by atoms with Crippen molar-refractivity contribution < 1.29 is 4.74 Å². The number of nitrogens with zero attached hydrogens (tertiary/aromatic N) is 1. The van der Waals surface area contributed by atoms with Crippen LogP contribution in [0.25, 0.3) is 0 Å². The van der Waals surface area contributed by atoms with Gasteiger partial charge in [0.15, 0.2) is 0 Å². The monoisotopic (exact) mass is 353 g/mol. The van der Waals surface area contributed by atoms with Gasteiger partial charge in [-0.2, -0.15) is 4.91 Å². The van der Waals surface area contributed by atoms with E-state index in [1.807, 2.05) is 0 Å². The molecule has 1 spiro atoms. The smallest absolute Gasteiger partial charge is 0.110 e. The summed E-state index contributed by atoms with van der Waals surface area (Å²) in [6, 6.07) is -0.0936. The zero-order valence-corrected chi connectivity index (χ0v) is 15.9. The molecule has 5 aliphatic rings. The zero-order valence-electron chi connectivity index (χ0n) is 15.9. The van der Waals surface area contributed by atoms with E-state index in [0.717, 1.165) is 43.6 Å². The van der Waals surface area contributed by atoms with E-state index in [0.29, 0.717) is 11.8 Å². The van der Waals surface area contributed by atoms with Crippen LogP contribution in [0.2, 0.25) is 0 Å². The lowest BCUT2D eigenvalue weighted by atomic mass is 9.48. The van der Waals surface area contributed by atoms with Crippen molar-refractivity contribution >= 4 is 0 Å². The Bertz CT molecular complexity index is 682. The van der Waals surface area contributed by atoms with Crippen molar-refractivity contribution in [2.75, 3.05) is 6.61 Å². The van der Waals surface area contributed by atoms with Gasteiger partial charge in [-0.25, -0.2) is 0 Å². The number of fused-ring (bicyclic) bond motifs is 6. The van der Waals surface area contributed by atoms with Crippen molar-refractivity contribution in [2.45, 2.75) is 63.5 Å². The minimum atomic E-state index is -0.0936. The standard InChI is InChI=1S/C23H31NO2/c1-3-15-13-16-14-17(24-25)5-6-18(16)19-7-10-22(2)20(21(15)19)8-11-23(22)9-4-12-26-23/h3-4,9,14-15,17-21H,1,5-8,10-13H2,2H3/t15?,17?,18-,19?,20?,21?,22-,23-/m0/s1. The molecule has 0 aromatic heterocycles. The second-order valence-corrected chi connectivity index (χ2v) is 9.65. The number of ether oxygens (including phenoxy) is 1. The van der Waals surface area contributed by atoms with E-state index < -0.39 is 0 Å². The van der Waals surface area contributed by atoms with Crippen molar-refractivity contribution in [1.82, 2.24) is 0 Å². The molecule has 4 aliphatic carbocycles. The summed E-state index contributed by atoms with van der Waals surface area (Å²) in [6.07, 6.45) is 17.3. The van der Waals surface area contributed by atoms with E-state index in [1.165, 1.54) is 31.3 Å². The third-order valence-corrected chi connectivity index (χ3v) is 8.97. The Morgan fingerprint density at radius 2 is 2.15 bits per heavy atom. The molecule has 0 N–H and O–H groups in total. The van der Waals surface area contributed by atoms with Crippen molar-refractivity contribution in [3.8, 4) is 0 Å². The van der Waals surface area contributed by atoms with Crippen LogP contribution in [0.1, 0.15) is 51.9 Å². The minimum Gasteiger partial charge on any atom is -0.366 e. The fourth-order valence-corrected chi connectivity index (χ4v) is 7.77. The third-order valence-electron chi connectivity index (χ3n) is 8.97. The lowest BCUT2D eigenvalue weighted by molar-refractivity contribution is -0.117. The van der Waals surface area contributed by atoms with E-state index in [9.17, 15) is 4.91 Å². The molecule has 0 aromatic carbocycles. The van der Waals surface area contributed by atoms with Crippen molar-refractivity contribution in [2.24, 2.45) is 40.2 Å². The van der Waals surface area contributed by atoms with Crippen LogP contribution in [0.15, 0.2) is 41.6 Å². The van der Waals surface area contributed by atoms with E-state index in [1.54, 1.807) is 0 Å². The molecule has 3 fully saturated rings. The van der Waals surface area contributed by atoms with Crippen LogP contribution in [0.5, 0.6) is 0 Å². The quantitative estimate of drug-likeness (QED) is 0.490. The Morgan fingerprint density at radius 3 is 2.88 bits per heavy atom. The van der Waals surface area contributed by atoms with Crippen molar-refractivity contribution in [3.05, 3.63) is 41.4 Å². The average Bonchev–Trinajstić information content (AvgIpc) is 3.26. The number of allylic oxidation sites excluding steroid dienone is 2. The van der Waals surface area contributed by atoms with Crippen LogP contribution in [-0.4, -0.2) is 18.2 Å². The maximum absolute atomic E-state index is 11.1. The molecule has 0 aromatic rings. The maximum Gasteiger partial charge on any atom is 0.110 e. The zero-order chi connectivity index (χ0) is 17.9. The molecule has 0 bridgehead atoms. The van der Waals surface area contributed by atoms with Gasteiger partial charge in [-0.15, -0.1) is 6.58 Å². The Hall–Kier alpha value is -1.22. The normalized spacial score (nSPS) is 52.1. The molecule has 0 saturated heterocycles. The van der Waals surface area contributed by atoms with Gasteiger partial charge in [0, 0.05) is 5.41 Å². The fraction of sp³-hybridized carbons (Fsp3) is 0.739. The molecule has 0 radical (unpaired) electrons. The molecule has 140 valence electrons. The number of nitroso groups, excluding NO2 is 1. The van der Waals surface area contributed by atoms with Gasteiger partial charge >= 0.3 is 0 Å². The number of rotatable bonds is 2. The summed E-state index contributed by atoms with van der Waals surface area (Å²) in [5.41, 5.74) is 1.77. The Morgan fingerprint density at radius 1 is 1.27 bits per heavy atom. The molecule has 8 atom stereocenters. The summed E-state index contributed by atoms with van der Waals surface area (Å²) < 4.78 is 6.36. The second kappa shape index (κ2) is 5.89. The van der Waals surface area contributed by atoms with Gasteiger partial charge in [0.2, 0.25) is 0 Å². The first-order valence-electron chi connectivity index (χ1n) is 10.6. The average molecular weight is 354 g/mol. The third kappa shape index (κ3) is 2.10. The summed E-state index contributed by atoms with van der Waals surface area (Å²) in [4.78, 5) is 11.1. The van der Waals surface area contributed by atoms with Crippen LogP contribution >= 0.6 is 0 Å². The lowest BCUT2D eigenvalue weighted by Gasteiger charge is -2.57. The predicted molar refractivity (Wildman–Crippen MR) is 104 cm³/mol. The van der Waals surface area contributed by atoms with E-state index in [2.05, 4.69) is 43.0 Å². The first-order valence-corrected chi connectivity index (χ1v) is 10.6. The van der Waals surface area contributed by atoms with Crippen LogP contribution in [0.3, 0.4) is 0 Å². The second-order valence-electron chi connectivity index (χ2n) is 9.65. The van der Waals surface area contributed by atoms with Crippen molar-refractivity contribution in [3.63, 3.8) is 0 Å². The molecule has 5 rings (SSSR count). The van der Waals surface area contributed by atoms with Crippen LogP contribution in [0, 0.1) is 39.9 Å². The maximum atomic E-state index is 11.1. The highest BCUT2D eigenvalue weighted by molar-refractivity contribution is 5.28. The van der Waals surface area contributed by atoms with E-state index >= 15 is 0 Å². The number of hydrogen-bond acceptors (Lipinski definition) is 3. The summed E-state index contributed by atoms with van der Waals surface area (Å²) >= 11 is 0. The van der Waals surface area contributed by atoms with Gasteiger partial charge in [0.1, 0.15) is 6.04 Å². The van der Waals surface area contributed by atoms with Gasteiger partial charge < -0.3 is 4.74 Å². The highest BCUT2D eigenvalue weighted by Gasteiger charge is 2.64. The molecule has 3 nitrogen and oxygen atoms in total. The molecule has 3 heteroatoms. The molecule has 1 aliphatic heterocycles. The first-order chi connectivity index (χ1) is 12.6. The lowest BCUT2D eigenvalue weighted by Crippen LogP contribution is -2.54. The summed E-state index contributed by atoms with van der Waals surface area (Å²) in [6.45, 7) is 7.52. The molecular weight excluding hydrogens is 322 g/mol. The molecule has 3 saturated carbocycles. The fourth-order valence-electron chi connectivity index (χ4n) is 7.77. The minimum absolute atomic E-state index is 0.0103. The summed E-state index contributed by atoms with van der Waals surface area (Å²) in [5, 5.41) is 3.33. The molecule has 26 heavy (non-hydrogen) atoms. The SMILES string of the molecule is C=CC1CC2=CC(N=O)CC[C@@H]2C2CC[C@@]3(C)C(CC[C@@]34C=CCO4)C12. The van der Waals surface area contributed by atoms with Gasteiger partial charge in [-0.3, -0.25) is 0 Å². The topological polar surface area (TPSA) is 38.7 Å². The largest absolute Gasteiger partial charge is 0.366 e. The highest BCUT2D eigenvalue weighted by atomic mass is 16.5. The van der Waals surface area contributed by atoms with Gasteiger partial charge in [0.25, 0.3) is 0 Å². The Kier molecular flexibility index (Phi) is 3.83. The van der Waals surface area contributed by atoms with E-state index in [4.69, 9.17) is 4.74 Å². The summed E-state index contributed by atoms with van der Waals surface area (Å²) in [7, 11) is 0. The highest BCUT2D eigenvalue weighted by Crippen LogP contribution is 2.67. The summed E-state index contributed by atoms with van der Waals surface area (Å²) in [5.74, 6) is 3.43. The number of hydrogen-bond donors (Lipinski definition) is 0. The molecular formula is C23H31NO2. The predicted octanol–water partition coefficient (Wildman–Crippen LogP) is 5.43. The first kappa shape index (κ1) is 16.9. The van der Waals surface area contributed by atoms with Crippen LogP contribution in [0.4, 0.5) is 0 Å². The van der Waals surface area contributed by atoms with Gasteiger partial charge in [0.05, 0.1) is 12.2 Å². The Balaban J connectivity index is 1.51. The Labute approximate surface area is 156 Å². The van der Waals surface area contributed by atoms with Crippen LogP contribution in [-0.2, 0) is 4.74 Å². The molecule has 0 amide bonds. The van der Waals surface area contributed by atoms with E-state index in [-0.39, 0.29) is 17.1 Å². The van der Waals surface area contributed by atoms with Gasteiger partial charge in [-0.05, 0) is 74.5 Å². The molecule has 1 heterocycles. The van der Waals surface area contributed by atoms with Crippen molar-refractivity contribution in [1.29, 1.82) is 0 Å². The van der Waals surface area contributed by atoms with Gasteiger partial charge in [-0.1, -0.05) is 42.0 Å².